The summed E-state index contributed by atoms with van der Waals surface area (Å²) >= 11 is 0. The van der Waals surface area contributed by atoms with E-state index in [1.807, 2.05) is 65.3 Å². The van der Waals surface area contributed by atoms with Crippen molar-refractivity contribution in [3.8, 4) is 17.3 Å². The molecule has 0 spiro atoms. The van der Waals surface area contributed by atoms with Gasteiger partial charge in [-0.15, -0.1) is 0 Å². The molecule has 27 heavy (non-hydrogen) atoms. The molecule has 0 N–H and O–H groups in total. The van der Waals surface area contributed by atoms with Gasteiger partial charge in [-0.3, -0.25) is 4.79 Å². The number of para-hydroxylation sites is 2. The molecular formula is C22H28N2O2Si. The third-order valence-corrected chi connectivity index (χ3v) is 5.09. The smallest absolute Gasteiger partial charge is 0.278 e. The zero-order valence-corrected chi connectivity index (χ0v) is 17.6. The predicted octanol–water partition coefficient (Wildman–Crippen LogP) is 5.18. The van der Waals surface area contributed by atoms with E-state index < -0.39 is 8.32 Å². The first-order valence-corrected chi connectivity index (χ1v) is 13.0. The van der Waals surface area contributed by atoms with Crippen molar-refractivity contribution < 1.29 is 4.43 Å². The van der Waals surface area contributed by atoms with Gasteiger partial charge in [0.1, 0.15) is 0 Å². The van der Waals surface area contributed by atoms with E-state index in [4.69, 9.17) is 4.43 Å². The highest BCUT2D eigenvalue weighted by Crippen LogP contribution is 2.28. The SMILES string of the molecule is CCCCc1c(O[Si](C)(C)C)n(-c2ccccc2)n(-c2ccccc2)c1=O. The van der Waals surface area contributed by atoms with Crippen LogP contribution in [0.5, 0.6) is 5.88 Å². The number of hydrogen-bond donors (Lipinski definition) is 0. The standard InChI is InChI=1S/C22H28N2O2Si/c1-5-6-17-20-21(25)23(18-13-9-7-10-14-18)24(19-15-11-8-12-16-19)22(20)26-27(2,3)4/h7-16H,5-6,17H2,1-4H3. The molecule has 2 aromatic carbocycles. The topological polar surface area (TPSA) is 36.2 Å². The number of nitrogens with zero attached hydrogens (tertiary/aromatic N) is 2. The van der Waals surface area contributed by atoms with Gasteiger partial charge in [-0.05, 0) is 56.7 Å². The van der Waals surface area contributed by atoms with E-state index in [2.05, 4.69) is 26.6 Å². The van der Waals surface area contributed by atoms with Gasteiger partial charge >= 0.3 is 0 Å². The van der Waals surface area contributed by atoms with Crippen LogP contribution in [0.3, 0.4) is 0 Å². The third kappa shape index (κ3) is 4.25. The summed E-state index contributed by atoms with van der Waals surface area (Å²) in [6, 6.07) is 19.8. The summed E-state index contributed by atoms with van der Waals surface area (Å²) in [5.74, 6) is 0.697. The van der Waals surface area contributed by atoms with E-state index >= 15 is 0 Å². The van der Waals surface area contributed by atoms with E-state index in [-0.39, 0.29) is 5.56 Å². The van der Waals surface area contributed by atoms with Gasteiger partial charge in [0.2, 0.25) is 14.2 Å². The Morgan fingerprint density at radius 1 is 0.852 bits per heavy atom. The van der Waals surface area contributed by atoms with Crippen molar-refractivity contribution in [1.29, 1.82) is 0 Å². The fourth-order valence-electron chi connectivity index (χ4n) is 3.09. The Bertz CT molecular complexity index is 938. The maximum Gasteiger partial charge on any atom is 0.278 e. The zero-order chi connectivity index (χ0) is 19.4. The molecular weight excluding hydrogens is 352 g/mol. The van der Waals surface area contributed by atoms with E-state index in [9.17, 15) is 4.79 Å². The Kier molecular flexibility index (Phi) is 5.70. The van der Waals surface area contributed by atoms with Gasteiger partial charge in [0.05, 0.1) is 16.9 Å². The number of hydrogen-bond acceptors (Lipinski definition) is 2. The van der Waals surface area contributed by atoms with Gasteiger partial charge in [0, 0.05) is 0 Å². The lowest BCUT2D eigenvalue weighted by atomic mass is 10.1. The van der Waals surface area contributed by atoms with Gasteiger partial charge in [-0.1, -0.05) is 49.7 Å². The average molecular weight is 381 g/mol. The first-order chi connectivity index (χ1) is 12.9. The van der Waals surface area contributed by atoms with Gasteiger partial charge in [0.25, 0.3) is 5.56 Å². The summed E-state index contributed by atoms with van der Waals surface area (Å²) in [7, 11) is -1.92. The summed E-state index contributed by atoms with van der Waals surface area (Å²) in [5.41, 5.74) is 2.54. The van der Waals surface area contributed by atoms with Crippen LogP contribution in [0.4, 0.5) is 0 Å². The number of aromatic nitrogens is 2. The van der Waals surface area contributed by atoms with Crippen LogP contribution in [0.25, 0.3) is 11.4 Å². The minimum atomic E-state index is -1.92. The minimum absolute atomic E-state index is 0.00625. The molecule has 1 aromatic heterocycles. The Morgan fingerprint density at radius 2 is 1.37 bits per heavy atom. The zero-order valence-electron chi connectivity index (χ0n) is 16.6. The molecule has 0 atom stereocenters. The first kappa shape index (κ1) is 19.2. The molecule has 0 fully saturated rings. The van der Waals surface area contributed by atoms with Crippen molar-refractivity contribution in [2.24, 2.45) is 0 Å². The molecule has 5 heteroatoms. The van der Waals surface area contributed by atoms with E-state index in [1.165, 1.54) is 0 Å². The van der Waals surface area contributed by atoms with Crippen LogP contribution in [0.1, 0.15) is 25.3 Å². The second-order valence-electron chi connectivity index (χ2n) is 7.70. The lowest BCUT2D eigenvalue weighted by Crippen LogP contribution is -2.31. The number of unbranched alkanes of at least 4 members (excludes halogenated alkanes) is 1. The van der Waals surface area contributed by atoms with Crippen molar-refractivity contribution in [3.63, 3.8) is 0 Å². The predicted molar refractivity (Wildman–Crippen MR) is 114 cm³/mol. The van der Waals surface area contributed by atoms with Crippen molar-refractivity contribution in [2.75, 3.05) is 0 Å². The van der Waals surface area contributed by atoms with Gasteiger partial charge < -0.3 is 4.43 Å². The molecule has 142 valence electrons. The summed E-state index contributed by atoms with van der Waals surface area (Å²) in [6.45, 7) is 8.59. The van der Waals surface area contributed by atoms with Crippen LogP contribution in [0.15, 0.2) is 65.5 Å². The Morgan fingerprint density at radius 3 is 1.85 bits per heavy atom. The second-order valence-corrected chi connectivity index (χ2v) is 12.1. The van der Waals surface area contributed by atoms with E-state index in [0.717, 1.165) is 36.2 Å². The van der Waals surface area contributed by atoms with Crippen molar-refractivity contribution >= 4 is 8.32 Å². The van der Waals surface area contributed by atoms with Crippen LogP contribution in [-0.2, 0) is 6.42 Å². The highest BCUT2D eigenvalue weighted by Gasteiger charge is 2.27. The molecule has 0 aliphatic heterocycles. The quantitative estimate of drug-likeness (QED) is 0.529. The summed E-state index contributed by atoms with van der Waals surface area (Å²) in [6.07, 6.45) is 2.72. The Labute approximate surface area is 162 Å². The van der Waals surface area contributed by atoms with Crippen LogP contribution in [0.2, 0.25) is 19.6 Å². The number of benzene rings is 2. The molecule has 4 nitrogen and oxygen atoms in total. The van der Waals surface area contributed by atoms with Crippen molar-refractivity contribution in [3.05, 3.63) is 76.6 Å². The monoisotopic (exact) mass is 380 g/mol. The summed E-state index contributed by atoms with van der Waals surface area (Å²) in [5, 5.41) is 0. The van der Waals surface area contributed by atoms with E-state index in [0.29, 0.717) is 5.88 Å². The van der Waals surface area contributed by atoms with Gasteiger partial charge in [-0.25, -0.2) is 9.36 Å². The summed E-state index contributed by atoms with van der Waals surface area (Å²) < 4.78 is 10.2. The van der Waals surface area contributed by atoms with E-state index in [1.54, 1.807) is 4.68 Å². The fraction of sp³-hybridized carbons (Fsp3) is 0.318. The molecule has 0 aliphatic rings. The fourth-order valence-corrected chi connectivity index (χ4v) is 3.88. The molecule has 0 saturated carbocycles. The summed E-state index contributed by atoms with van der Waals surface area (Å²) in [4.78, 5) is 13.5. The minimum Gasteiger partial charge on any atom is -0.531 e. The highest BCUT2D eigenvalue weighted by atomic mass is 28.4. The van der Waals surface area contributed by atoms with Crippen molar-refractivity contribution in [2.45, 2.75) is 45.8 Å². The molecule has 0 aliphatic carbocycles. The second kappa shape index (κ2) is 8.01. The highest BCUT2D eigenvalue weighted by molar-refractivity contribution is 6.70. The molecule has 0 bridgehead atoms. The lowest BCUT2D eigenvalue weighted by Gasteiger charge is -2.23. The Balaban J connectivity index is 2.33. The molecule has 1 heterocycles. The molecule has 0 unspecified atom stereocenters. The third-order valence-electron chi connectivity index (χ3n) is 4.29. The molecule has 0 amide bonds. The first-order valence-electron chi connectivity index (χ1n) is 9.59. The molecule has 3 aromatic rings. The maximum absolute atomic E-state index is 13.5. The average Bonchev–Trinajstić information content (AvgIpc) is 2.91. The van der Waals surface area contributed by atoms with Crippen LogP contribution >= 0.6 is 0 Å². The van der Waals surface area contributed by atoms with Crippen molar-refractivity contribution in [1.82, 2.24) is 9.36 Å². The maximum atomic E-state index is 13.5. The van der Waals surface area contributed by atoms with Crippen LogP contribution in [-0.4, -0.2) is 17.7 Å². The van der Waals surface area contributed by atoms with Crippen LogP contribution in [0, 0.1) is 0 Å². The number of rotatable bonds is 7. The lowest BCUT2D eigenvalue weighted by molar-refractivity contribution is 0.490. The van der Waals surface area contributed by atoms with Gasteiger partial charge in [-0.2, -0.15) is 0 Å². The molecule has 0 saturated heterocycles. The molecule has 3 rings (SSSR count). The molecule has 0 radical (unpaired) electrons. The largest absolute Gasteiger partial charge is 0.531 e. The van der Waals surface area contributed by atoms with Gasteiger partial charge in [0.15, 0.2) is 0 Å². The normalized spacial score (nSPS) is 11.6. The Hall–Kier alpha value is -2.53. The van der Waals surface area contributed by atoms with Crippen LogP contribution < -0.4 is 9.99 Å².